The molecule has 0 spiro atoms. The fourth-order valence-electron chi connectivity index (χ4n) is 1.45. The van der Waals surface area contributed by atoms with Gasteiger partial charge in [0.1, 0.15) is 6.33 Å². The third kappa shape index (κ3) is 1.52. The lowest BCUT2D eigenvalue weighted by atomic mass is 9.94. The number of hydrogen-bond donors (Lipinski definition) is 0. The first-order valence-electron chi connectivity index (χ1n) is 4.88. The first kappa shape index (κ1) is 9.59. The van der Waals surface area contributed by atoms with Crippen molar-refractivity contribution in [3.05, 3.63) is 23.5 Å². The molecule has 0 saturated carbocycles. The van der Waals surface area contributed by atoms with Crippen molar-refractivity contribution in [2.45, 2.75) is 26.7 Å². The number of rotatable bonds is 2. The lowest BCUT2D eigenvalue weighted by Gasteiger charge is -2.14. The zero-order chi connectivity index (χ0) is 10.1. The number of thiophene rings is 1. The van der Waals surface area contributed by atoms with Crippen LogP contribution < -0.4 is 0 Å². The predicted molar refractivity (Wildman–Crippen MR) is 60.7 cm³/mol. The van der Waals surface area contributed by atoms with Gasteiger partial charge in [0, 0.05) is 5.92 Å². The summed E-state index contributed by atoms with van der Waals surface area (Å²) in [6.07, 6.45) is 1.67. The van der Waals surface area contributed by atoms with Gasteiger partial charge >= 0.3 is 0 Å². The van der Waals surface area contributed by atoms with Crippen molar-refractivity contribution in [1.29, 1.82) is 0 Å². The van der Waals surface area contributed by atoms with Crippen molar-refractivity contribution >= 4 is 21.6 Å². The minimum Gasteiger partial charge on any atom is -0.240 e. The molecule has 74 valence electrons. The molecule has 14 heavy (non-hydrogen) atoms. The Bertz CT molecular complexity index is 434. The highest BCUT2D eigenvalue weighted by Crippen LogP contribution is 2.30. The van der Waals surface area contributed by atoms with E-state index in [-0.39, 0.29) is 0 Å². The molecule has 3 heteroatoms. The van der Waals surface area contributed by atoms with Crippen molar-refractivity contribution < 1.29 is 0 Å². The normalized spacial score (nSPS) is 13.7. The summed E-state index contributed by atoms with van der Waals surface area (Å²) in [5.74, 6) is 1.12. The molecule has 1 unspecified atom stereocenters. The molecule has 2 aromatic rings. The SMILES string of the molecule is CC(C)C(C)c1ncnc2ccsc12. The molecule has 0 aliphatic carbocycles. The summed E-state index contributed by atoms with van der Waals surface area (Å²) in [7, 11) is 0. The van der Waals surface area contributed by atoms with Crippen LogP contribution in [-0.2, 0) is 0 Å². The molecular formula is C11H14N2S. The van der Waals surface area contributed by atoms with Crippen molar-refractivity contribution in [3.63, 3.8) is 0 Å². The molecule has 2 rings (SSSR count). The van der Waals surface area contributed by atoms with E-state index in [4.69, 9.17) is 0 Å². The lowest BCUT2D eigenvalue weighted by molar-refractivity contribution is 0.527. The zero-order valence-corrected chi connectivity index (χ0v) is 9.51. The molecule has 2 aromatic heterocycles. The molecule has 2 nitrogen and oxygen atoms in total. The molecule has 0 aliphatic rings. The Labute approximate surface area is 88.0 Å². The zero-order valence-electron chi connectivity index (χ0n) is 8.69. The van der Waals surface area contributed by atoms with E-state index in [0.29, 0.717) is 11.8 Å². The van der Waals surface area contributed by atoms with Gasteiger partial charge in [0.2, 0.25) is 0 Å². The Morgan fingerprint density at radius 1 is 1.21 bits per heavy atom. The summed E-state index contributed by atoms with van der Waals surface area (Å²) in [5.41, 5.74) is 2.27. The maximum atomic E-state index is 4.40. The van der Waals surface area contributed by atoms with Crippen LogP contribution in [0.2, 0.25) is 0 Å². The summed E-state index contributed by atoms with van der Waals surface area (Å²) < 4.78 is 1.24. The maximum Gasteiger partial charge on any atom is 0.116 e. The second-order valence-electron chi connectivity index (χ2n) is 3.93. The Kier molecular flexibility index (Phi) is 2.50. The van der Waals surface area contributed by atoms with Crippen LogP contribution >= 0.6 is 11.3 Å². The molecular weight excluding hydrogens is 192 g/mol. The first-order valence-corrected chi connectivity index (χ1v) is 5.76. The topological polar surface area (TPSA) is 25.8 Å². The number of nitrogens with zero attached hydrogens (tertiary/aromatic N) is 2. The van der Waals surface area contributed by atoms with Gasteiger partial charge in [-0.25, -0.2) is 9.97 Å². The minimum atomic E-state index is 0.499. The summed E-state index contributed by atoms with van der Waals surface area (Å²) >= 11 is 1.73. The van der Waals surface area contributed by atoms with Gasteiger partial charge in [0.15, 0.2) is 0 Å². The summed E-state index contributed by atoms with van der Waals surface area (Å²) in [5, 5.41) is 2.08. The van der Waals surface area contributed by atoms with E-state index in [0.717, 1.165) is 5.52 Å². The van der Waals surface area contributed by atoms with Gasteiger partial charge in [-0.15, -0.1) is 11.3 Å². The van der Waals surface area contributed by atoms with Crippen molar-refractivity contribution in [2.24, 2.45) is 5.92 Å². The fraction of sp³-hybridized carbons (Fsp3) is 0.455. The second kappa shape index (κ2) is 3.65. The van der Waals surface area contributed by atoms with E-state index in [1.807, 2.05) is 0 Å². The molecule has 0 N–H and O–H groups in total. The average Bonchev–Trinajstić information content (AvgIpc) is 2.63. The highest BCUT2D eigenvalue weighted by molar-refractivity contribution is 7.17. The molecule has 0 bridgehead atoms. The van der Waals surface area contributed by atoms with Gasteiger partial charge in [0.05, 0.1) is 15.9 Å². The van der Waals surface area contributed by atoms with Crippen molar-refractivity contribution in [2.75, 3.05) is 0 Å². The molecule has 2 heterocycles. The van der Waals surface area contributed by atoms with Gasteiger partial charge < -0.3 is 0 Å². The van der Waals surface area contributed by atoms with Gasteiger partial charge in [-0.3, -0.25) is 0 Å². The van der Waals surface area contributed by atoms with Crippen LogP contribution in [-0.4, -0.2) is 9.97 Å². The minimum absolute atomic E-state index is 0.499. The van der Waals surface area contributed by atoms with E-state index in [2.05, 4.69) is 42.2 Å². The number of fused-ring (bicyclic) bond motifs is 1. The van der Waals surface area contributed by atoms with E-state index < -0.39 is 0 Å². The third-order valence-electron chi connectivity index (χ3n) is 2.70. The van der Waals surface area contributed by atoms with Crippen LogP contribution in [0, 0.1) is 5.92 Å². The van der Waals surface area contributed by atoms with E-state index >= 15 is 0 Å². The van der Waals surface area contributed by atoms with Gasteiger partial charge in [0.25, 0.3) is 0 Å². The highest BCUT2D eigenvalue weighted by Gasteiger charge is 2.15. The van der Waals surface area contributed by atoms with Crippen molar-refractivity contribution in [1.82, 2.24) is 9.97 Å². The lowest BCUT2D eigenvalue weighted by Crippen LogP contribution is -2.04. The standard InChI is InChI=1S/C11H14N2S/c1-7(2)8(3)10-11-9(4-5-14-11)12-6-13-10/h4-8H,1-3H3. The van der Waals surface area contributed by atoms with E-state index in [1.54, 1.807) is 17.7 Å². The van der Waals surface area contributed by atoms with Crippen LogP contribution in [0.15, 0.2) is 17.8 Å². The first-order chi connectivity index (χ1) is 6.70. The predicted octanol–water partition coefficient (Wildman–Crippen LogP) is 3.45. The Hall–Kier alpha value is -0.960. The van der Waals surface area contributed by atoms with E-state index in [1.165, 1.54) is 10.4 Å². The average molecular weight is 206 g/mol. The molecule has 0 aromatic carbocycles. The fourth-order valence-corrected chi connectivity index (χ4v) is 2.38. The quantitative estimate of drug-likeness (QED) is 0.752. The Morgan fingerprint density at radius 2 is 2.00 bits per heavy atom. The number of hydrogen-bond acceptors (Lipinski definition) is 3. The molecule has 0 saturated heterocycles. The molecule has 0 fully saturated rings. The third-order valence-corrected chi connectivity index (χ3v) is 3.63. The largest absolute Gasteiger partial charge is 0.240 e. The van der Waals surface area contributed by atoms with Crippen LogP contribution in [0.5, 0.6) is 0 Å². The Morgan fingerprint density at radius 3 is 2.71 bits per heavy atom. The number of aromatic nitrogens is 2. The van der Waals surface area contributed by atoms with Gasteiger partial charge in [-0.05, 0) is 17.4 Å². The smallest absolute Gasteiger partial charge is 0.116 e. The molecule has 0 amide bonds. The monoisotopic (exact) mass is 206 g/mol. The van der Waals surface area contributed by atoms with Crippen LogP contribution in [0.1, 0.15) is 32.4 Å². The van der Waals surface area contributed by atoms with E-state index in [9.17, 15) is 0 Å². The highest BCUT2D eigenvalue weighted by atomic mass is 32.1. The van der Waals surface area contributed by atoms with Gasteiger partial charge in [-0.1, -0.05) is 20.8 Å². The van der Waals surface area contributed by atoms with Crippen LogP contribution in [0.25, 0.3) is 10.2 Å². The molecule has 0 radical (unpaired) electrons. The Balaban J connectivity index is 2.56. The molecule has 0 aliphatic heterocycles. The second-order valence-corrected chi connectivity index (χ2v) is 4.84. The van der Waals surface area contributed by atoms with Gasteiger partial charge in [-0.2, -0.15) is 0 Å². The van der Waals surface area contributed by atoms with Crippen molar-refractivity contribution in [3.8, 4) is 0 Å². The summed E-state index contributed by atoms with van der Waals surface area (Å²) in [4.78, 5) is 8.64. The summed E-state index contributed by atoms with van der Waals surface area (Å²) in [6, 6.07) is 2.05. The molecule has 1 atom stereocenters. The van der Waals surface area contributed by atoms with Crippen LogP contribution in [0.4, 0.5) is 0 Å². The van der Waals surface area contributed by atoms with Crippen LogP contribution in [0.3, 0.4) is 0 Å². The maximum absolute atomic E-state index is 4.40. The summed E-state index contributed by atoms with van der Waals surface area (Å²) in [6.45, 7) is 6.69.